The molecule has 2 fully saturated rings. The Balaban J connectivity index is 1.54. The molecule has 0 N–H and O–H groups in total. The van der Waals surface area contributed by atoms with Gasteiger partial charge in [-0.2, -0.15) is 0 Å². The van der Waals surface area contributed by atoms with Crippen LogP contribution in [0.4, 0.5) is 0 Å². The Hall–Kier alpha value is -2.77. The molecule has 33 heavy (non-hydrogen) atoms. The summed E-state index contributed by atoms with van der Waals surface area (Å²) in [5.41, 5.74) is 0.509. The Morgan fingerprint density at radius 2 is 1.61 bits per heavy atom. The van der Waals surface area contributed by atoms with Crippen LogP contribution in [0.1, 0.15) is 63.5 Å². The molecule has 0 atom stereocenters. The van der Waals surface area contributed by atoms with Gasteiger partial charge >= 0.3 is 0 Å². The fraction of sp³-hybridized carbons (Fsp3) is 0.423. The van der Waals surface area contributed by atoms with Gasteiger partial charge in [-0.3, -0.25) is 9.59 Å². The van der Waals surface area contributed by atoms with Crippen LogP contribution < -0.4 is 9.47 Å². The Morgan fingerprint density at radius 3 is 2.24 bits per heavy atom. The second-order valence-corrected chi connectivity index (χ2v) is 10.8. The molecule has 6 nitrogen and oxygen atoms in total. The SMILES string of the molecule is COc1ccc2nc(Oc3ccc(C4CC4)c(C4C(=O)C(C)(C)OC(C)(C)C4=O)c3)sc2c1. The van der Waals surface area contributed by atoms with Crippen LogP contribution in [0.15, 0.2) is 36.4 Å². The Labute approximate surface area is 196 Å². The van der Waals surface area contributed by atoms with Crippen LogP contribution in [-0.4, -0.2) is 34.9 Å². The number of rotatable bonds is 5. The maximum Gasteiger partial charge on any atom is 0.279 e. The molecule has 5 rings (SSSR count). The molecule has 7 heteroatoms. The number of aromatic nitrogens is 1. The van der Waals surface area contributed by atoms with Crippen molar-refractivity contribution in [2.45, 2.75) is 63.6 Å². The molecular formula is C26H27NO5S. The largest absolute Gasteiger partial charge is 0.497 e. The maximum atomic E-state index is 13.4. The predicted octanol–water partition coefficient (Wildman–Crippen LogP) is 5.78. The molecule has 172 valence electrons. The first-order valence-electron chi connectivity index (χ1n) is 11.1. The number of fused-ring (bicyclic) bond motifs is 1. The average molecular weight is 466 g/mol. The number of ether oxygens (including phenoxy) is 3. The van der Waals surface area contributed by atoms with Crippen molar-refractivity contribution in [1.82, 2.24) is 4.98 Å². The highest BCUT2D eigenvalue weighted by Gasteiger charge is 2.53. The minimum Gasteiger partial charge on any atom is -0.497 e. The molecule has 2 aliphatic rings. The number of nitrogens with zero attached hydrogens (tertiary/aromatic N) is 1. The molecule has 1 aliphatic heterocycles. The van der Waals surface area contributed by atoms with Gasteiger partial charge in [0, 0.05) is 0 Å². The molecule has 1 aliphatic carbocycles. The highest BCUT2D eigenvalue weighted by atomic mass is 32.1. The number of carbonyl (C=O) groups is 2. The van der Waals surface area contributed by atoms with Gasteiger partial charge < -0.3 is 14.2 Å². The number of thiazole rings is 1. The summed E-state index contributed by atoms with van der Waals surface area (Å²) >= 11 is 1.42. The molecule has 1 saturated heterocycles. The molecular weight excluding hydrogens is 438 g/mol. The summed E-state index contributed by atoms with van der Waals surface area (Å²) in [6.07, 6.45) is 2.12. The third-order valence-corrected chi connectivity index (χ3v) is 7.29. The quantitative estimate of drug-likeness (QED) is 0.445. The van der Waals surface area contributed by atoms with Crippen LogP contribution in [-0.2, 0) is 14.3 Å². The first-order valence-corrected chi connectivity index (χ1v) is 12.0. The van der Waals surface area contributed by atoms with Crippen LogP contribution in [0.25, 0.3) is 10.2 Å². The smallest absolute Gasteiger partial charge is 0.279 e. The van der Waals surface area contributed by atoms with Crippen LogP contribution >= 0.6 is 11.3 Å². The molecule has 2 aromatic carbocycles. The summed E-state index contributed by atoms with van der Waals surface area (Å²) in [6, 6.07) is 11.4. The van der Waals surface area contributed by atoms with Gasteiger partial charge in [0.1, 0.15) is 28.6 Å². The average Bonchev–Trinajstić information content (AvgIpc) is 3.51. The Morgan fingerprint density at radius 1 is 0.939 bits per heavy atom. The van der Waals surface area contributed by atoms with E-state index in [1.807, 2.05) is 36.4 Å². The van der Waals surface area contributed by atoms with Gasteiger partial charge in [0.2, 0.25) is 0 Å². The van der Waals surface area contributed by atoms with Gasteiger partial charge in [-0.1, -0.05) is 17.4 Å². The van der Waals surface area contributed by atoms with Crippen LogP contribution in [0.3, 0.4) is 0 Å². The van der Waals surface area contributed by atoms with Gasteiger partial charge in [0.25, 0.3) is 5.19 Å². The van der Waals surface area contributed by atoms with E-state index < -0.39 is 17.1 Å². The van der Waals surface area contributed by atoms with E-state index in [9.17, 15) is 9.59 Å². The van der Waals surface area contributed by atoms with E-state index in [1.54, 1.807) is 34.8 Å². The van der Waals surface area contributed by atoms with E-state index in [-0.39, 0.29) is 11.6 Å². The third kappa shape index (κ3) is 3.93. The van der Waals surface area contributed by atoms with Crippen molar-refractivity contribution >= 4 is 33.1 Å². The van der Waals surface area contributed by atoms with Crippen molar-refractivity contribution < 1.29 is 23.8 Å². The minimum atomic E-state index is -1.05. The highest BCUT2D eigenvalue weighted by Crippen LogP contribution is 2.48. The number of ketones is 2. The number of benzene rings is 2. The fourth-order valence-corrected chi connectivity index (χ4v) is 5.49. The summed E-state index contributed by atoms with van der Waals surface area (Å²) in [4.78, 5) is 31.3. The lowest BCUT2D eigenvalue weighted by Crippen LogP contribution is -2.58. The summed E-state index contributed by atoms with van der Waals surface area (Å²) in [5.74, 6) is 0.399. The number of methoxy groups -OCH3 is 1. The van der Waals surface area contributed by atoms with Crippen molar-refractivity contribution in [2.24, 2.45) is 0 Å². The lowest BCUT2D eigenvalue weighted by atomic mass is 9.73. The van der Waals surface area contributed by atoms with E-state index in [2.05, 4.69) is 4.98 Å². The van der Waals surface area contributed by atoms with Gasteiger partial charge in [0.05, 0.1) is 17.3 Å². The number of hydrogen-bond donors (Lipinski definition) is 0. The zero-order valence-electron chi connectivity index (χ0n) is 19.4. The molecule has 0 radical (unpaired) electrons. The summed E-state index contributed by atoms with van der Waals surface area (Å²) < 4.78 is 18.2. The fourth-order valence-electron chi connectivity index (χ4n) is 4.62. The number of Topliss-reactive ketones (excluding diaryl/α,β-unsaturated/α-hetero) is 2. The molecule has 0 spiro atoms. The highest BCUT2D eigenvalue weighted by molar-refractivity contribution is 7.20. The van der Waals surface area contributed by atoms with Gasteiger partial charge in [-0.05, 0) is 87.9 Å². The predicted molar refractivity (Wildman–Crippen MR) is 127 cm³/mol. The number of carbonyl (C=O) groups excluding carboxylic acids is 2. The van der Waals surface area contributed by atoms with E-state index in [0.29, 0.717) is 16.9 Å². The molecule has 0 amide bonds. The van der Waals surface area contributed by atoms with Gasteiger partial charge in [-0.25, -0.2) is 4.98 Å². The second kappa shape index (κ2) is 7.64. The van der Waals surface area contributed by atoms with Crippen molar-refractivity contribution in [3.05, 3.63) is 47.5 Å². The zero-order valence-corrected chi connectivity index (χ0v) is 20.2. The van der Waals surface area contributed by atoms with Crippen LogP contribution in [0.5, 0.6) is 16.7 Å². The van der Waals surface area contributed by atoms with E-state index in [4.69, 9.17) is 14.2 Å². The van der Waals surface area contributed by atoms with Crippen molar-refractivity contribution in [2.75, 3.05) is 7.11 Å². The topological polar surface area (TPSA) is 74.7 Å². The molecule has 0 unspecified atom stereocenters. The van der Waals surface area contributed by atoms with Crippen LogP contribution in [0, 0.1) is 0 Å². The second-order valence-electron chi connectivity index (χ2n) is 9.76. The molecule has 2 heterocycles. The lowest BCUT2D eigenvalue weighted by molar-refractivity contribution is -0.184. The molecule has 3 aromatic rings. The first-order chi connectivity index (χ1) is 15.6. The minimum absolute atomic E-state index is 0.210. The first kappa shape index (κ1) is 22.0. The lowest BCUT2D eigenvalue weighted by Gasteiger charge is -2.43. The molecule has 1 aromatic heterocycles. The van der Waals surface area contributed by atoms with E-state index >= 15 is 0 Å². The summed E-state index contributed by atoms with van der Waals surface area (Å²) in [7, 11) is 1.63. The third-order valence-electron chi connectivity index (χ3n) is 6.39. The zero-order chi connectivity index (χ0) is 23.5. The van der Waals surface area contributed by atoms with Gasteiger partial charge in [-0.15, -0.1) is 0 Å². The van der Waals surface area contributed by atoms with Crippen molar-refractivity contribution in [3.63, 3.8) is 0 Å². The monoisotopic (exact) mass is 465 g/mol. The summed E-state index contributed by atoms with van der Waals surface area (Å²) in [5, 5.41) is 0.494. The van der Waals surface area contributed by atoms with E-state index in [0.717, 1.165) is 39.9 Å². The maximum absolute atomic E-state index is 13.4. The normalized spacial score (nSPS) is 20.3. The van der Waals surface area contributed by atoms with E-state index in [1.165, 1.54) is 11.3 Å². The Bertz CT molecular complexity index is 1240. The van der Waals surface area contributed by atoms with Gasteiger partial charge in [0.15, 0.2) is 11.6 Å². The van der Waals surface area contributed by atoms with Crippen molar-refractivity contribution in [1.29, 1.82) is 0 Å². The Kier molecular flexibility index (Phi) is 5.10. The van der Waals surface area contributed by atoms with Crippen LogP contribution in [0.2, 0.25) is 0 Å². The standard InChI is InChI=1S/C26H27NO5S/c1-25(2)22(28)21(23(29)26(3,4)32-25)18-12-16(8-10-17(18)14-6-7-14)31-24-27-19-11-9-15(30-5)13-20(19)33-24/h8-14,21H,6-7H2,1-5H3. The molecule has 1 saturated carbocycles. The molecule has 0 bridgehead atoms. The van der Waals surface area contributed by atoms with Crippen molar-refractivity contribution in [3.8, 4) is 16.7 Å². The number of hydrogen-bond acceptors (Lipinski definition) is 7. The summed E-state index contributed by atoms with van der Waals surface area (Å²) in [6.45, 7) is 6.96.